The Kier molecular flexibility index (Phi) is 2.84. The zero-order chi connectivity index (χ0) is 10.8. The van der Waals surface area contributed by atoms with Gasteiger partial charge in [-0.2, -0.15) is 0 Å². The van der Waals surface area contributed by atoms with E-state index in [1.54, 1.807) is 6.33 Å². The van der Waals surface area contributed by atoms with E-state index < -0.39 is 0 Å². The van der Waals surface area contributed by atoms with Gasteiger partial charge in [-0.25, -0.2) is 9.97 Å². The second-order valence-electron chi connectivity index (χ2n) is 4.53. The van der Waals surface area contributed by atoms with Crippen LogP contribution in [0.2, 0.25) is 0 Å². The third kappa shape index (κ3) is 1.83. The summed E-state index contributed by atoms with van der Waals surface area (Å²) in [5.41, 5.74) is 3.80. The molecular formula is C12H17N3O. The third-order valence-corrected chi connectivity index (χ3v) is 3.46. The lowest BCUT2D eigenvalue weighted by Gasteiger charge is -2.26. The Morgan fingerprint density at radius 1 is 1.38 bits per heavy atom. The Morgan fingerprint density at radius 2 is 2.38 bits per heavy atom. The van der Waals surface area contributed by atoms with Gasteiger partial charge >= 0.3 is 0 Å². The topological polar surface area (TPSA) is 47.0 Å². The van der Waals surface area contributed by atoms with Crippen LogP contribution in [0.5, 0.6) is 0 Å². The van der Waals surface area contributed by atoms with Crippen molar-refractivity contribution in [3.05, 3.63) is 23.3 Å². The number of fused-ring (bicyclic) bond motifs is 1. The van der Waals surface area contributed by atoms with Gasteiger partial charge in [0.1, 0.15) is 6.33 Å². The molecule has 1 atom stereocenters. The fourth-order valence-electron chi connectivity index (χ4n) is 2.62. The first-order chi connectivity index (χ1) is 7.95. The fourth-order valence-corrected chi connectivity index (χ4v) is 2.62. The normalized spacial score (nSPS) is 25.1. The SMILES string of the molecule is c1nc2c(c(C3CCCOC3)n1)CCNC2. The molecule has 3 heterocycles. The number of aromatic nitrogens is 2. The predicted molar refractivity (Wildman–Crippen MR) is 60.2 cm³/mol. The Labute approximate surface area is 95.4 Å². The highest BCUT2D eigenvalue weighted by Crippen LogP contribution is 2.28. The van der Waals surface area contributed by atoms with E-state index in [0.29, 0.717) is 5.92 Å². The summed E-state index contributed by atoms with van der Waals surface area (Å²) in [6.45, 7) is 3.67. The van der Waals surface area contributed by atoms with Gasteiger partial charge in [0.2, 0.25) is 0 Å². The molecule has 86 valence electrons. The Balaban J connectivity index is 1.93. The van der Waals surface area contributed by atoms with Crippen LogP contribution in [0.15, 0.2) is 6.33 Å². The Bertz CT molecular complexity index is 375. The highest BCUT2D eigenvalue weighted by atomic mass is 16.5. The summed E-state index contributed by atoms with van der Waals surface area (Å²) in [6.07, 6.45) is 5.12. The van der Waals surface area contributed by atoms with E-state index in [2.05, 4.69) is 15.3 Å². The lowest BCUT2D eigenvalue weighted by Crippen LogP contribution is -2.28. The lowest BCUT2D eigenvalue weighted by molar-refractivity contribution is 0.0789. The molecule has 0 amide bonds. The van der Waals surface area contributed by atoms with Gasteiger partial charge in [0, 0.05) is 19.1 Å². The molecule has 1 aromatic heterocycles. The van der Waals surface area contributed by atoms with Crippen LogP contribution < -0.4 is 5.32 Å². The Morgan fingerprint density at radius 3 is 3.25 bits per heavy atom. The van der Waals surface area contributed by atoms with Crippen LogP contribution >= 0.6 is 0 Å². The molecule has 1 N–H and O–H groups in total. The summed E-state index contributed by atoms with van der Waals surface area (Å²) in [6, 6.07) is 0. The molecule has 16 heavy (non-hydrogen) atoms. The molecule has 1 aromatic rings. The maximum atomic E-state index is 5.55. The molecule has 0 bridgehead atoms. The van der Waals surface area contributed by atoms with Crippen molar-refractivity contribution in [2.75, 3.05) is 19.8 Å². The van der Waals surface area contributed by atoms with Gasteiger partial charge in [-0.1, -0.05) is 0 Å². The van der Waals surface area contributed by atoms with Gasteiger partial charge in [0.05, 0.1) is 18.0 Å². The zero-order valence-corrected chi connectivity index (χ0v) is 9.41. The number of rotatable bonds is 1. The molecule has 1 unspecified atom stereocenters. The lowest BCUT2D eigenvalue weighted by atomic mass is 9.91. The van der Waals surface area contributed by atoms with Gasteiger partial charge in [-0.05, 0) is 31.4 Å². The summed E-state index contributed by atoms with van der Waals surface area (Å²) in [5.74, 6) is 0.489. The highest BCUT2D eigenvalue weighted by molar-refractivity contribution is 5.29. The van der Waals surface area contributed by atoms with Crippen LogP contribution in [0.3, 0.4) is 0 Å². The van der Waals surface area contributed by atoms with Crippen molar-refractivity contribution < 1.29 is 4.74 Å². The van der Waals surface area contributed by atoms with Crippen LogP contribution in [-0.4, -0.2) is 29.7 Å². The molecule has 0 radical (unpaired) electrons. The smallest absolute Gasteiger partial charge is 0.116 e. The van der Waals surface area contributed by atoms with Crippen molar-refractivity contribution in [3.63, 3.8) is 0 Å². The molecule has 0 aliphatic carbocycles. The molecule has 1 fully saturated rings. The van der Waals surface area contributed by atoms with E-state index in [1.165, 1.54) is 23.4 Å². The minimum atomic E-state index is 0.489. The predicted octanol–water partition coefficient (Wildman–Crippen LogP) is 1.02. The van der Waals surface area contributed by atoms with E-state index in [9.17, 15) is 0 Å². The summed E-state index contributed by atoms with van der Waals surface area (Å²) in [5, 5.41) is 3.35. The van der Waals surface area contributed by atoms with E-state index >= 15 is 0 Å². The molecule has 0 spiro atoms. The standard InChI is InChI=1S/C12H17N3O/c1-2-9(7-16-5-1)12-10-3-4-13-6-11(10)14-8-15-12/h8-9,13H,1-7H2. The van der Waals surface area contributed by atoms with E-state index in [-0.39, 0.29) is 0 Å². The van der Waals surface area contributed by atoms with Crippen LogP contribution in [0, 0.1) is 0 Å². The maximum Gasteiger partial charge on any atom is 0.116 e. The van der Waals surface area contributed by atoms with Crippen LogP contribution in [0.1, 0.15) is 35.7 Å². The molecule has 2 aliphatic heterocycles. The van der Waals surface area contributed by atoms with E-state index in [4.69, 9.17) is 4.74 Å². The minimum absolute atomic E-state index is 0.489. The second-order valence-corrected chi connectivity index (χ2v) is 4.53. The molecule has 4 nitrogen and oxygen atoms in total. The maximum absolute atomic E-state index is 5.55. The number of hydrogen-bond donors (Lipinski definition) is 1. The molecule has 3 rings (SSSR count). The van der Waals surface area contributed by atoms with Crippen molar-refractivity contribution in [2.24, 2.45) is 0 Å². The Hall–Kier alpha value is -1.00. The average Bonchev–Trinajstić information content (AvgIpc) is 2.39. The number of nitrogens with one attached hydrogen (secondary N) is 1. The molecular weight excluding hydrogens is 202 g/mol. The molecule has 4 heteroatoms. The number of ether oxygens (including phenoxy) is 1. The quantitative estimate of drug-likeness (QED) is 0.766. The summed E-state index contributed by atoms with van der Waals surface area (Å²) in [7, 11) is 0. The summed E-state index contributed by atoms with van der Waals surface area (Å²) in [4.78, 5) is 8.86. The van der Waals surface area contributed by atoms with Gasteiger partial charge in [-0.15, -0.1) is 0 Å². The van der Waals surface area contributed by atoms with Crippen molar-refractivity contribution in [1.82, 2.24) is 15.3 Å². The summed E-state index contributed by atoms with van der Waals surface area (Å²) >= 11 is 0. The van der Waals surface area contributed by atoms with Crippen LogP contribution in [-0.2, 0) is 17.7 Å². The van der Waals surface area contributed by atoms with Crippen molar-refractivity contribution in [3.8, 4) is 0 Å². The average molecular weight is 219 g/mol. The largest absolute Gasteiger partial charge is 0.381 e. The minimum Gasteiger partial charge on any atom is -0.381 e. The van der Waals surface area contributed by atoms with Crippen molar-refractivity contribution in [1.29, 1.82) is 0 Å². The van der Waals surface area contributed by atoms with Crippen molar-refractivity contribution >= 4 is 0 Å². The first-order valence-electron chi connectivity index (χ1n) is 6.06. The molecule has 2 aliphatic rings. The zero-order valence-electron chi connectivity index (χ0n) is 9.41. The van der Waals surface area contributed by atoms with Gasteiger partial charge < -0.3 is 10.1 Å². The first kappa shape index (κ1) is 10.2. The molecule has 0 saturated carbocycles. The third-order valence-electron chi connectivity index (χ3n) is 3.46. The number of hydrogen-bond acceptors (Lipinski definition) is 4. The first-order valence-corrected chi connectivity index (χ1v) is 6.06. The molecule has 1 saturated heterocycles. The van der Waals surface area contributed by atoms with Gasteiger partial charge in [-0.3, -0.25) is 0 Å². The van der Waals surface area contributed by atoms with E-state index in [0.717, 1.165) is 39.1 Å². The number of nitrogens with zero attached hydrogens (tertiary/aromatic N) is 2. The van der Waals surface area contributed by atoms with Gasteiger partial charge in [0.15, 0.2) is 0 Å². The fraction of sp³-hybridized carbons (Fsp3) is 0.667. The monoisotopic (exact) mass is 219 g/mol. The molecule has 0 aromatic carbocycles. The van der Waals surface area contributed by atoms with Gasteiger partial charge in [0.25, 0.3) is 0 Å². The summed E-state index contributed by atoms with van der Waals surface area (Å²) < 4.78 is 5.55. The highest BCUT2D eigenvalue weighted by Gasteiger charge is 2.23. The van der Waals surface area contributed by atoms with Crippen molar-refractivity contribution in [2.45, 2.75) is 31.7 Å². The van der Waals surface area contributed by atoms with Crippen LogP contribution in [0.4, 0.5) is 0 Å². The second kappa shape index (κ2) is 4.47. The van der Waals surface area contributed by atoms with E-state index in [1.807, 2.05) is 0 Å². The van der Waals surface area contributed by atoms with Crippen LogP contribution in [0.25, 0.3) is 0 Å².